The molecule has 39 heavy (non-hydrogen) atoms. The topological polar surface area (TPSA) is 36.9 Å². The fourth-order valence-corrected chi connectivity index (χ4v) is 9.22. The lowest BCUT2D eigenvalue weighted by Gasteiger charge is -2.55. The SMILES string of the molecule is CCC1OC(OC2(CC)[C@H](C)[C@H]2CC)C(C)C(C(C)(C)C)C1OC1OC(CC)C(C(C)(CC)CC)C(C)C1C. The Morgan fingerprint density at radius 1 is 0.667 bits per heavy atom. The van der Waals surface area contributed by atoms with Crippen molar-refractivity contribution in [1.82, 2.24) is 0 Å². The van der Waals surface area contributed by atoms with Gasteiger partial charge in [-0.05, 0) is 59.7 Å². The molecule has 0 aromatic carbocycles. The van der Waals surface area contributed by atoms with Gasteiger partial charge in [0.1, 0.15) is 0 Å². The molecule has 13 atom stereocenters. The zero-order valence-corrected chi connectivity index (χ0v) is 28.3. The van der Waals surface area contributed by atoms with Crippen molar-refractivity contribution in [2.75, 3.05) is 0 Å². The van der Waals surface area contributed by atoms with Crippen LogP contribution in [-0.4, -0.2) is 36.5 Å². The van der Waals surface area contributed by atoms with Crippen LogP contribution in [0.5, 0.6) is 0 Å². The highest BCUT2D eigenvalue weighted by molar-refractivity contribution is 5.11. The molecule has 3 aliphatic rings. The van der Waals surface area contributed by atoms with E-state index < -0.39 is 0 Å². The van der Waals surface area contributed by atoms with E-state index in [1.807, 2.05) is 0 Å². The van der Waals surface area contributed by atoms with Crippen molar-refractivity contribution in [1.29, 1.82) is 0 Å². The maximum absolute atomic E-state index is 7.17. The molecule has 11 unspecified atom stereocenters. The van der Waals surface area contributed by atoms with Crippen LogP contribution in [0.3, 0.4) is 0 Å². The molecule has 2 heterocycles. The Morgan fingerprint density at radius 2 is 1.23 bits per heavy atom. The van der Waals surface area contributed by atoms with Gasteiger partial charge in [0.15, 0.2) is 12.6 Å². The van der Waals surface area contributed by atoms with Gasteiger partial charge in [-0.2, -0.15) is 0 Å². The quantitative estimate of drug-likeness (QED) is 0.257. The summed E-state index contributed by atoms with van der Waals surface area (Å²) in [7, 11) is 0. The maximum atomic E-state index is 7.17. The van der Waals surface area contributed by atoms with Crippen LogP contribution < -0.4 is 0 Å². The van der Waals surface area contributed by atoms with Crippen molar-refractivity contribution in [2.24, 2.45) is 52.3 Å². The van der Waals surface area contributed by atoms with E-state index in [2.05, 4.69) is 96.9 Å². The van der Waals surface area contributed by atoms with E-state index >= 15 is 0 Å². The Kier molecular flexibility index (Phi) is 10.8. The van der Waals surface area contributed by atoms with Gasteiger partial charge < -0.3 is 18.9 Å². The highest BCUT2D eigenvalue weighted by Gasteiger charge is 2.63. The van der Waals surface area contributed by atoms with Crippen LogP contribution >= 0.6 is 0 Å². The van der Waals surface area contributed by atoms with Crippen molar-refractivity contribution in [3.05, 3.63) is 0 Å². The van der Waals surface area contributed by atoms with E-state index in [4.69, 9.17) is 18.9 Å². The standard InChI is InChI=1S/C35H66O4/c1-15-25-24(10)35(25,20-6)39-32-23(9)29(33(11,12)13)30(27(17-3)37-32)38-31-22(8)21(7)28(26(16-2)36-31)34(14,18-4)19-5/h21-32H,15-20H2,1-14H3/t21?,22?,23?,24-,25-,26?,27?,28?,29?,30?,31?,32?,35?/m1/s1. The largest absolute Gasteiger partial charge is 0.349 e. The number of ether oxygens (including phenoxy) is 4. The fourth-order valence-electron chi connectivity index (χ4n) is 9.22. The monoisotopic (exact) mass is 550 g/mol. The minimum Gasteiger partial charge on any atom is -0.349 e. The van der Waals surface area contributed by atoms with E-state index in [-0.39, 0.29) is 53.2 Å². The van der Waals surface area contributed by atoms with Gasteiger partial charge in [-0.25, -0.2) is 0 Å². The minimum absolute atomic E-state index is 0.00100. The van der Waals surface area contributed by atoms with Crippen molar-refractivity contribution < 1.29 is 18.9 Å². The van der Waals surface area contributed by atoms with Crippen molar-refractivity contribution in [3.63, 3.8) is 0 Å². The lowest BCUT2D eigenvalue weighted by atomic mass is 9.61. The molecule has 0 spiro atoms. The summed E-state index contributed by atoms with van der Waals surface area (Å²) in [6.45, 7) is 32.9. The molecule has 2 saturated heterocycles. The molecule has 230 valence electrons. The average Bonchev–Trinajstić information content (AvgIpc) is 3.47. The van der Waals surface area contributed by atoms with Gasteiger partial charge in [-0.15, -0.1) is 0 Å². The van der Waals surface area contributed by atoms with E-state index in [1.54, 1.807) is 0 Å². The highest BCUT2D eigenvalue weighted by atomic mass is 16.7. The molecule has 0 radical (unpaired) electrons. The summed E-state index contributed by atoms with van der Waals surface area (Å²) >= 11 is 0. The minimum atomic E-state index is -0.203. The van der Waals surface area contributed by atoms with Crippen LogP contribution in [0, 0.1) is 52.3 Å². The summed E-state index contributed by atoms with van der Waals surface area (Å²) < 4.78 is 28.0. The average molecular weight is 551 g/mol. The molecule has 4 heteroatoms. The maximum Gasteiger partial charge on any atom is 0.161 e. The first-order valence-corrected chi connectivity index (χ1v) is 16.8. The second-order valence-corrected chi connectivity index (χ2v) is 15.1. The van der Waals surface area contributed by atoms with Gasteiger partial charge >= 0.3 is 0 Å². The molecule has 1 saturated carbocycles. The van der Waals surface area contributed by atoms with Crippen LogP contribution in [0.15, 0.2) is 0 Å². The molecule has 0 bridgehead atoms. The van der Waals surface area contributed by atoms with Gasteiger partial charge in [0, 0.05) is 11.8 Å². The summed E-state index contributed by atoms with van der Waals surface area (Å²) in [6, 6.07) is 0. The van der Waals surface area contributed by atoms with E-state index in [0.29, 0.717) is 35.5 Å². The summed E-state index contributed by atoms with van der Waals surface area (Å²) in [6.07, 6.45) is 6.36. The highest BCUT2D eigenvalue weighted by Crippen LogP contribution is 2.59. The predicted octanol–water partition coefficient (Wildman–Crippen LogP) is 9.50. The fraction of sp³-hybridized carbons (Fsp3) is 1.00. The summed E-state index contributed by atoms with van der Waals surface area (Å²) in [4.78, 5) is 0. The molecule has 3 rings (SSSR count). The Balaban J connectivity index is 1.88. The molecule has 0 amide bonds. The number of rotatable bonds is 11. The first-order valence-electron chi connectivity index (χ1n) is 16.8. The molecule has 4 nitrogen and oxygen atoms in total. The third kappa shape index (κ3) is 6.02. The third-order valence-corrected chi connectivity index (χ3v) is 12.3. The lowest BCUT2D eigenvalue weighted by Crippen LogP contribution is -2.59. The van der Waals surface area contributed by atoms with Gasteiger partial charge in [-0.3, -0.25) is 0 Å². The second kappa shape index (κ2) is 12.6. The predicted molar refractivity (Wildman–Crippen MR) is 162 cm³/mol. The van der Waals surface area contributed by atoms with Gasteiger partial charge in [0.05, 0.1) is 23.9 Å². The molecule has 0 N–H and O–H groups in total. The second-order valence-electron chi connectivity index (χ2n) is 15.1. The van der Waals surface area contributed by atoms with Crippen LogP contribution in [0.4, 0.5) is 0 Å². The molecule has 0 aromatic heterocycles. The lowest BCUT2D eigenvalue weighted by molar-refractivity contribution is -0.345. The summed E-state index contributed by atoms with van der Waals surface area (Å²) in [5, 5.41) is 0. The normalized spacial score (nSPS) is 45.4. The van der Waals surface area contributed by atoms with E-state index in [9.17, 15) is 0 Å². The van der Waals surface area contributed by atoms with Crippen molar-refractivity contribution in [3.8, 4) is 0 Å². The van der Waals surface area contributed by atoms with Crippen LogP contribution in [-0.2, 0) is 18.9 Å². The van der Waals surface area contributed by atoms with Crippen molar-refractivity contribution in [2.45, 2.75) is 172 Å². The Hall–Kier alpha value is -0.160. The van der Waals surface area contributed by atoms with Crippen molar-refractivity contribution >= 4 is 0 Å². The smallest absolute Gasteiger partial charge is 0.161 e. The van der Waals surface area contributed by atoms with Crippen LogP contribution in [0.25, 0.3) is 0 Å². The van der Waals surface area contributed by atoms with Crippen LogP contribution in [0.1, 0.15) is 135 Å². The number of hydrogen-bond acceptors (Lipinski definition) is 4. The zero-order valence-electron chi connectivity index (χ0n) is 28.3. The Morgan fingerprint density at radius 3 is 1.67 bits per heavy atom. The molecule has 0 aromatic rings. The van der Waals surface area contributed by atoms with Gasteiger partial charge in [-0.1, -0.05) is 116 Å². The summed E-state index contributed by atoms with van der Waals surface area (Å²) in [5.41, 5.74) is 0.311. The van der Waals surface area contributed by atoms with Gasteiger partial charge in [0.25, 0.3) is 0 Å². The Labute approximate surface area is 243 Å². The zero-order chi connectivity index (χ0) is 29.5. The molecular weight excluding hydrogens is 484 g/mol. The number of hydrogen-bond donors (Lipinski definition) is 0. The molecule has 3 fully saturated rings. The first-order chi connectivity index (χ1) is 18.2. The van der Waals surface area contributed by atoms with E-state index in [1.165, 1.54) is 19.3 Å². The van der Waals surface area contributed by atoms with Crippen LogP contribution in [0.2, 0.25) is 0 Å². The Bertz CT molecular complexity index is 769. The molecular formula is C35H66O4. The van der Waals surface area contributed by atoms with E-state index in [0.717, 1.165) is 19.3 Å². The molecule has 2 aliphatic heterocycles. The molecule has 1 aliphatic carbocycles. The summed E-state index contributed by atoms with van der Waals surface area (Å²) in [5.74, 6) is 3.19. The first kappa shape index (κ1) is 33.3. The third-order valence-electron chi connectivity index (χ3n) is 12.3. The van der Waals surface area contributed by atoms with Gasteiger partial charge in [0.2, 0.25) is 0 Å².